The maximum absolute atomic E-state index is 9.90. The van der Waals surface area contributed by atoms with Crippen LogP contribution in [-0.2, 0) is 9.59 Å². The molecule has 0 unspecified atom stereocenters. The van der Waals surface area contributed by atoms with Crippen LogP contribution >= 0.6 is 0 Å². The second-order valence-corrected chi connectivity index (χ2v) is 2.96. The summed E-state index contributed by atoms with van der Waals surface area (Å²) in [5, 5.41) is 43.5. The van der Waals surface area contributed by atoms with Crippen LogP contribution in [0.2, 0.25) is 0 Å². The summed E-state index contributed by atoms with van der Waals surface area (Å²) in [6.45, 7) is 2.33. The van der Waals surface area contributed by atoms with E-state index in [2.05, 4.69) is 12.3 Å². The van der Waals surface area contributed by atoms with Crippen molar-refractivity contribution in [2.24, 2.45) is 5.73 Å². The number of aliphatic hydroxyl groups excluding tert-OH is 5. The number of carbonyl (C=O) groups is 2. The van der Waals surface area contributed by atoms with Crippen molar-refractivity contribution in [1.29, 1.82) is 0 Å². The van der Waals surface area contributed by atoms with Gasteiger partial charge in [-0.1, -0.05) is 6.58 Å². The molecule has 0 aliphatic heterocycles. The van der Waals surface area contributed by atoms with Crippen molar-refractivity contribution in [3.63, 3.8) is 0 Å². The molecular formula is C9H17NO7. The van der Waals surface area contributed by atoms with Crippen LogP contribution in [0.25, 0.3) is 0 Å². The van der Waals surface area contributed by atoms with Crippen LogP contribution in [0.3, 0.4) is 0 Å². The quantitative estimate of drug-likeness (QED) is 0.209. The van der Waals surface area contributed by atoms with Gasteiger partial charge in [-0.05, 0) is 6.08 Å². The number of aldehydes is 1. The van der Waals surface area contributed by atoms with E-state index in [0.29, 0.717) is 0 Å². The van der Waals surface area contributed by atoms with Crippen molar-refractivity contribution < 1.29 is 35.1 Å². The Morgan fingerprint density at radius 3 is 1.88 bits per heavy atom. The van der Waals surface area contributed by atoms with Crippen LogP contribution < -0.4 is 5.73 Å². The van der Waals surface area contributed by atoms with Gasteiger partial charge in [-0.15, -0.1) is 0 Å². The van der Waals surface area contributed by atoms with Gasteiger partial charge in [-0.3, -0.25) is 4.79 Å². The molecule has 0 aromatic heterocycles. The molecule has 0 heterocycles. The van der Waals surface area contributed by atoms with Gasteiger partial charge < -0.3 is 36.1 Å². The smallest absolute Gasteiger partial charge is 0.240 e. The van der Waals surface area contributed by atoms with E-state index in [4.69, 9.17) is 25.5 Å². The Morgan fingerprint density at radius 2 is 1.65 bits per heavy atom. The zero-order valence-corrected chi connectivity index (χ0v) is 9.01. The van der Waals surface area contributed by atoms with Gasteiger partial charge in [0.1, 0.15) is 24.4 Å². The van der Waals surface area contributed by atoms with Crippen LogP contribution in [0, 0.1) is 0 Å². The molecule has 0 aromatic rings. The summed E-state index contributed by atoms with van der Waals surface area (Å²) < 4.78 is 0. The average Bonchev–Trinajstić information content (AvgIpc) is 2.35. The van der Waals surface area contributed by atoms with Gasteiger partial charge in [0.2, 0.25) is 5.91 Å². The molecule has 0 saturated heterocycles. The van der Waals surface area contributed by atoms with Gasteiger partial charge in [0.15, 0.2) is 6.29 Å². The molecule has 0 saturated carbocycles. The summed E-state index contributed by atoms with van der Waals surface area (Å²) in [6.07, 6.45) is -5.78. The summed E-state index contributed by atoms with van der Waals surface area (Å²) >= 11 is 0. The molecule has 0 bridgehead atoms. The Kier molecular flexibility index (Phi) is 10.5. The Bertz CT molecular complexity index is 245. The minimum absolute atomic E-state index is 0.0258. The number of rotatable bonds is 6. The maximum atomic E-state index is 9.90. The predicted molar refractivity (Wildman–Crippen MR) is 56.6 cm³/mol. The number of primary amides is 1. The topological polar surface area (TPSA) is 161 Å². The standard InChI is InChI=1S/C6H12O6.C3H5NO/c7-1-3(9)5(11)6(12)4(10)2-8;1-2-3(4)5/h1,3-6,8-12H,2H2;2H,1H2,(H2,4,5)/t3-,4-,5-,6+;/m1./s1. The highest BCUT2D eigenvalue weighted by molar-refractivity contribution is 5.84. The minimum Gasteiger partial charge on any atom is -0.394 e. The van der Waals surface area contributed by atoms with E-state index in [1.165, 1.54) is 0 Å². The van der Waals surface area contributed by atoms with Gasteiger partial charge in [0, 0.05) is 0 Å². The summed E-state index contributed by atoms with van der Waals surface area (Å²) in [6, 6.07) is 0. The van der Waals surface area contributed by atoms with Gasteiger partial charge in [0.25, 0.3) is 0 Å². The second kappa shape index (κ2) is 9.87. The Labute approximate surface area is 97.6 Å². The Hall–Kier alpha value is -1.32. The van der Waals surface area contributed by atoms with E-state index in [1.54, 1.807) is 0 Å². The van der Waals surface area contributed by atoms with Crippen molar-refractivity contribution in [1.82, 2.24) is 0 Å². The van der Waals surface area contributed by atoms with Gasteiger partial charge in [0.05, 0.1) is 6.61 Å². The Morgan fingerprint density at radius 1 is 1.24 bits per heavy atom. The molecule has 0 fully saturated rings. The largest absolute Gasteiger partial charge is 0.394 e. The average molecular weight is 251 g/mol. The number of aliphatic hydroxyl groups is 5. The molecule has 4 atom stereocenters. The highest BCUT2D eigenvalue weighted by Crippen LogP contribution is 2.02. The van der Waals surface area contributed by atoms with Crippen LogP contribution in [0.5, 0.6) is 0 Å². The zero-order chi connectivity index (χ0) is 14.0. The van der Waals surface area contributed by atoms with Crippen molar-refractivity contribution in [2.45, 2.75) is 24.4 Å². The lowest BCUT2D eigenvalue weighted by Crippen LogP contribution is -2.46. The van der Waals surface area contributed by atoms with Crippen molar-refractivity contribution in [2.75, 3.05) is 6.61 Å². The van der Waals surface area contributed by atoms with Crippen LogP contribution in [-0.4, -0.2) is 68.7 Å². The van der Waals surface area contributed by atoms with Gasteiger partial charge >= 0.3 is 0 Å². The number of carbonyl (C=O) groups excluding carboxylic acids is 2. The first-order valence-corrected chi connectivity index (χ1v) is 4.52. The lowest BCUT2D eigenvalue weighted by Gasteiger charge is -2.22. The SMILES string of the molecule is C=CC(N)=O.O=C[C@@H](O)[C@@H](O)[C@@H](O)[C@H](O)CO. The molecule has 0 spiro atoms. The van der Waals surface area contributed by atoms with Crippen LogP contribution in [0.15, 0.2) is 12.7 Å². The zero-order valence-electron chi connectivity index (χ0n) is 9.01. The molecule has 0 radical (unpaired) electrons. The Balaban J connectivity index is 0. The van der Waals surface area contributed by atoms with E-state index in [1.807, 2.05) is 0 Å². The lowest BCUT2D eigenvalue weighted by molar-refractivity contribution is -0.136. The molecule has 17 heavy (non-hydrogen) atoms. The van der Waals surface area contributed by atoms with Crippen LogP contribution in [0.1, 0.15) is 0 Å². The predicted octanol–water partition coefficient (Wildman–Crippen LogP) is -3.72. The van der Waals surface area contributed by atoms with E-state index in [9.17, 15) is 9.59 Å². The second-order valence-electron chi connectivity index (χ2n) is 2.96. The normalized spacial score (nSPS) is 16.8. The fourth-order valence-corrected chi connectivity index (χ4v) is 0.618. The molecule has 7 N–H and O–H groups in total. The molecule has 8 nitrogen and oxygen atoms in total. The summed E-state index contributed by atoms with van der Waals surface area (Å²) in [4.78, 5) is 19.4. The number of hydrogen-bond donors (Lipinski definition) is 6. The fraction of sp³-hybridized carbons (Fsp3) is 0.556. The molecule has 100 valence electrons. The first-order valence-electron chi connectivity index (χ1n) is 4.52. The molecule has 0 aromatic carbocycles. The third-order valence-electron chi connectivity index (χ3n) is 1.62. The van der Waals surface area contributed by atoms with E-state index < -0.39 is 36.9 Å². The number of hydrogen-bond acceptors (Lipinski definition) is 7. The van der Waals surface area contributed by atoms with Crippen molar-refractivity contribution in [3.05, 3.63) is 12.7 Å². The molecule has 0 rings (SSSR count). The van der Waals surface area contributed by atoms with Gasteiger partial charge in [-0.2, -0.15) is 0 Å². The molecular weight excluding hydrogens is 234 g/mol. The highest BCUT2D eigenvalue weighted by Gasteiger charge is 2.29. The summed E-state index contributed by atoms with van der Waals surface area (Å²) in [5.74, 6) is -0.481. The summed E-state index contributed by atoms with van der Waals surface area (Å²) in [7, 11) is 0. The first-order chi connectivity index (χ1) is 7.81. The first kappa shape index (κ1) is 18.1. The molecule has 0 aliphatic carbocycles. The van der Waals surface area contributed by atoms with E-state index >= 15 is 0 Å². The monoisotopic (exact) mass is 251 g/mol. The fourth-order valence-electron chi connectivity index (χ4n) is 0.618. The van der Waals surface area contributed by atoms with E-state index in [-0.39, 0.29) is 6.29 Å². The minimum atomic E-state index is -1.79. The number of nitrogens with two attached hydrogens (primary N) is 1. The lowest BCUT2D eigenvalue weighted by atomic mass is 10.0. The van der Waals surface area contributed by atoms with Crippen molar-refractivity contribution in [3.8, 4) is 0 Å². The highest BCUT2D eigenvalue weighted by atomic mass is 16.4. The molecule has 0 aliphatic rings. The summed E-state index contributed by atoms with van der Waals surface area (Å²) in [5.41, 5.74) is 4.53. The molecule has 8 heteroatoms. The van der Waals surface area contributed by atoms with Crippen LogP contribution in [0.4, 0.5) is 0 Å². The number of amides is 1. The third kappa shape index (κ3) is 8.48. The maximum Gasteiger partial charge on any atom is 0.240 e. The van der Waals surface area contributed by atoms with E-state index in [0.717, 1.165) is 6.08 Å². The third-order valence-corrected chi connectivity index (χ3v) is 1.62. The van der Waals surface area contributed by atoms with Gasteiger partial charge in [-0.25, -0.2) is 0 Å². The van der Waals surface area contributed by atoms with Crippen molar-refractivity contribution >= 4 is 12.2 Å². The molecule has 1 amide bonds.